The number of nitrogens with one attached hydrogen (secondary N) is 1. The molecule has 0 bridgehead atoms. The Kier molecular flexibility index (Phi) is 5.56. The van der Waals surface area contributed by atoms with Gasteiger partial charge in [-0.25, -0.2) is 0 Å². The van der Waals surface area contributed by atoms with E-state index in [9.17, 15) is 14.4 Å². The molecule has 1 N–H and O–H groups in total. The van der Waals surface area contributed by atoms with Gasteiger partial charge in [-0.05, 0) is 36.8 Å². The fourth-order valence-electron chi connectivity index (χ4n) is 3.40. The molecule has 2 aromatic rings. The van der Waals surface area contributed by atoms with Gasteiger partial charge in [-0.3, -0.25) is 14.4 Å². The van der Waals surface area contributed by atoms with Crippen LogP contribution in [0.25, 0.3) is 0 Å². The standard InChI is InChI=1S/C22H22N2O6/c1-14-2-5-17(6-3-14)24-11-16(9-21(24)26)22(27)28-12-20(25)23-10-15-4-7-18-19(8-15)30-13-29-18/h2-8,16H,9-13H2,1H3,(H,23,25)/t16-/m1/s1. The molecule has 0 aliphatic carbocycles. The lowest BCUT2D eigenvalue weighted by atomic mass is 10.1. The Morgan fingerprint density at radius 3 is 2.70 bits per heavy atom. The van der Waals surface area contributed by atoms with E-state index in [1.165, 1.54) is 0 Å². The molecule has 0 saturated carbocycles. The highest BCUT2D eigenvalue weighted by molar-refractivity contribution is 5.99. The molecule has 1 saturated heterocycles. The highest BCUT2D eigenvalue weighted by atomic mass is 16.7. The van der Waals surface area contributed by atoms with Crippen molar-refractivity contribution in [2.45, 2.75) is 19.9 Å². The number of amides is 2. The zero-order valence-electron chi connectivity index (χ0n) is 16.6. The van der Waals surface area contributed by atoms with Crippen molar-refractivity contribution in [3.8, 4) is 11.5 Å². The Bertz CT molecular complexity index is 972. The normalized spacial score (nSPS) is 17.2. The topological polar surface area (TPSA) is 94.2 Å². The minimum absolute atomic E-state index is 0.0749. The summed E-state index contributed by atoms with van der Waals surface area (Å²) in [7, 11) is 0. The van der Waals surface area contributed by atoms with Gasteiger partial charge in [0.05, 0.1) is 5.92 Å². The minimum Gasteiger partial charge on any atom is -0.455 e. The molecule has 2 heterocycles. The zero-order valence-corrected chi connectivity index (χ0v) is 16.6. The van der Waals surface area contributed by atoms with Gasteiger partial charge in [-0.15, -0.1) is 0 Å². The quantitative estimate of drug-likeness (QED) is 0.732. The number of carbonyl (C=O) groups is 3. The van der Waals surface area contributed by atoms with Gasteiger partial charge < -0.3 is 24.4 Å². The van der Waals surface area contributed by atoms with Gasteiger partial charge >= 0.3 is 5.97 Å². The van der Waals surface area contributed by atoms with E-state index in [4.69, 9.17) is 14.2 Å². The number of esters is 1. The fraction of sp³-hybridized carbons (Fsp3) is 0.318. The lowest BCUT2D eigenvalue weighted by Gasteiger charge is -2.16. The van der Waals surface area contributed by atoms with E-state index in [0.29, 0.717) is 11.5 Å². The molecule has 0 spiro atoms. The number of rotatable bonds is 6. The Hall–Kier alpha value is -3.55. The summed E-state index contributed by atoms with van der Waals surface area (Å²) < 4.78 is 15.7. The van der Waals surface area contributed by atoms with Crippen LogP contribution >= 0.6 is 0 Å². The first-order valence-corrected chi connectivity index (χ1v) is 9.68. The molecule has 4 rings (SSSR count). The first-order valence-electron chi connectivity index (χ1n) is 9.68. The molecule has 2 aliphatic heterocycles. The van der Waals surface area contributed by atoms with E-state index in [2.05, 4.69) is 5.32 Å². The number of aryl methyl sites for hydroxylation is 1. The van der Waals surface area contributed by atoms with Crippen LogP contribution in [-0.4, -0.2) is 37.7 Å². The molecular weight excluding hydrogens is 388 g/mol. The number of hydrogen-bond donors (Lipinski definition) is 1. The van der Waals surface area contributed by atoms with E-state index in [1.807, 2.05) is 37.3 Å². The maximum Gasteiger partial charge on any atom is 0.311 e. The van der Waals surface area contributed by atoms with Crippen LogP contribution in [-0.2, 0) is 25.7 Å². The molecular formula is C22H22N2O6. The molecule has 0 aromatic heterocycles. The first-order chi connectivity index (χ1) is 14.5. The second kappa shape index (κ2) is 8.44. The Morgan fingerprint density at radius 1 is 1.13 bits per heavy atom. The Morgan fingerprint density at radius 2 is 1.90 bits per heavy atom. The largest absolute Gasteiger partial charge is 0.455 e. The first kappa shape index (κ1) is 19.8. The number of ether oxygens (including phenoxy) is 3. The van der Waals surface area contributed by atoms with E-state index < -0.39 is 24.4 Å². The van der Waals surface area contributed by atoms with Crippen LogP contribution in [0.3, 0.4) is 0 Å². The molecule has 8 nitrogen and oxygen atoms in total. The van der Waals surface area contributed by atoms with Gasteiger partial charge in [0, 0.05) is 25.2 Å². The van der Waals surface area contributed by atoms with E-state index in [-0.39, 0.29) is 32.2 Å². The summed E-state index contributed by atoms with van der Waals surface area (Å²) in [6, 6.07) is 12.9. The monoisotopic (exact) mass is 410 g/mol. The molecule has 0 unspecified atom stereocenters. The highest BCUT2D eigenvalue weighted by Gasteiger charge is 2.36. The SMILES string of the molecule is Cc1ccc(N2C[C@H](C(=O)OCC(=O)NCc3ccc4c(c3)OCO4)CC2=O)cc1. The molecule has 156 valence electrons. The Labute approximate surface area is 173 Å². The van der Waals surface area contributed by atoms with Gasteiger partial charge in [0.15, 0.2) is 18.1 Å². The minimum atomic E-state index is -0.583. The molecule has 0 radical (unpaired) electrons. The van der Waals surface area contributed by atoms with Crippen molar-refractivity contribution in [1.82, 2.24) is 5.32 Å². The lowest BCUT2D eigenvalue weighted by Crippen LogP contribution is -2.31. The van der Waals surface area contributed by atoms with Crippen molar-refractivity contribution in [3.05, 3.63) is 53.6 Å². The van der Waals surface area contributed by atoms with Crippen LogP contribution < -0.4 is 19.7 Å². The van der Waals surface area contributed by atoms with Gasteiger partial charge in [0.2, 0.25) is 12.7 Å². The van der Waals surface area contributed by atoms with Gasteiger partial charge in [-0.1, -0.05) is 23.8 Å². The second-order valence-electron chi connectivity index (χ2n) is 7.31. The summed E-state index contributed by atoms with van der Waals surface area (Å²) in [5.41, 5.74) is 2.68. The molecule has 30 heavy (non-hydrogen) atoms. The van der Waals surface area contributed by atoms with Crippen molar-refractivity contribution in [2.24, 2.45) is 5.92 Å². The van der Waals surface area contributed by atoms with Crippen LogP contribution in [0.15, 0.2) is 42.5 Å². The van der Waals surface area contributed by atoms with Crippen molar-refractivity contribution in [3.63, 3.8) is 0 Å². The third kappa shape index (κ3) is 4.37. The Balaban J connectivity index is 1.23. The summed E-state index contributed by atoms with van der Waals surface area (Å²) >= 11 is 0. The predicted molar refractivity (Wildman–Crippen MR) is 107 cm³/mol. The predicted octanol–water partition coefficient (Wildman–Crippen LogP) is 1.94. The van der Waals surface area contributed by atoms with Crippen molar-refractivity contribution in [1.29, 1.82) is 0 Å². The number of anilines is 1. The summed E-state index contributed by atoms with van der Waals surface area (Å²) in [5.74, 6) is -0.368. The van der Waals surface area contributed by atoms with Crippen molar-refractivity contribution in [2.75, 3.05) is 24.8 Å². The van der Waals surface area contributed by atoms with Crippen LogP contribution in [0, 0.1) is 12.8 Å². The number of fused-ring (bicyclic) bond motifs is 1. The molecule has 2 amide bonds. The van der Waals surface area contributed by atoms with Crippen LogP contribution in [0.1, 0.15) is 17.5 Å². The molecule has 1 atom stereocenters. The number of nitrogens with zero attached hydrogens (tertiary/aromatic N) is 1. The average Bonchev–Trinajstić information content (AvgIpc) is 3.37. The maximum atomic E-state index is 12.3. The lowest BCUT2D eigenvalue weighted by molar-refractivity contribution is -0.152. The zero-order chi connectivity index (χ0) is 21.1. The highest BCUT2D eigenvalue weighted by Crippen LogP contribution is 2.32. The van der Waals surface area contributed by atoms with Crippen LogP contribution in [0.5, 0.6) is 11.5 Å². The maximum absolute atomic E-state index is 12.3. The average molecular weight is 410 g/mol. The van der Waals surface area contributed by atoms with Crippen LogP contribution in [0.2, 0.25) is 0 Å². The van der Waals surface area contributed by atoms with Gasteiger partial charge in [-0.2, -0.15) is 0 Å². The summed E-state index contributed by atoms with van der Waals surface area (Å²) in [6.45, 7) is 2.29. The smallest absolute Gasteiger partial charge is 0.311 e. The summed E-state index contributed by atoms with van der Waals surface area (Å²) in [5, 5.41) is 2.69. The number of benzene rings is 2. The van der Waals surface area contributed by atoms with Crippen molar-refractivity contribution >= 4 is 23.5 Å². The third-order valence-corrected chi connectivity index (χ3v) is 5.08. The molecule has 8 heteroatoms. The number of carbonyl (C=O) groups excluding carboxylic acids is 3. The number of hydrogen-bond acceptors (Lipinski definition) is 6. The van der Waals surface area contributed by atoms with Crippen molar-refractivity contribution < 1.29 is 28.6 Å². The third-order valence-electron chi connectivity index (χ3n) is 5.08. The van der Waals surface area contributed by atoms with E-state index in [1.54, 1.807) is 17.0 Å². The fourth-order valence-corrected chi connectivity index (χ4v) is 3.40. The molecule has 2 aromatic carbocycles. The summed E-state index contributed by atoms with van der Waals surface area (Å²) in [6.07, 6.45) is 0.0749. The summed E-state index contributed by atoms with van der Waals surface area (Å²) in [4.78, 5) is 38.2. The van der Waals surface area contributed by atoms with Gasteiger partial charge in [0.25, 0.3) is 5.91 Å². The van der Waals surface area contributed by atoms with E-state index in [0.717, 1.165) is 16.8 Å². The second-order valence-corrected chi connectivity index (χ2v) is 7.31. The molecule has 2 aliphatic rings. The van der Waals surface area contributed by atoms with Gasteiger partial charge in [0.1, 0.15) is 0 Å². The van der Waals surface area contributed by atoms with Crippen LogP contribution in [0.4, 0.5) is 5.69 Å². The van der Waals surface area contributed by atoms with E-state index >= 15 is 0 Å². The molecule has 1 fully saturated rings.